The second-order valence-electron chi connectivity index (χ2n) is 5.67. The van der Waals surface area contributed by atoms with Crippen LogP contribution in [0.25, 0.3) is 0 Å². The Morgan fingerprint density at radius 1 is 1.19 bits per heavy atom. The van der Waals surface area contributed by atoms with Crippen molar-refractivity contribution in [1.29, 1.82) is 0 Å². The van der Waals surface area contributed by atoms with E-state index < -0.39 is 0 Å². The maximum absolute atomic E-state index is 5.02. The number of nitrogens with one attached hydrogen (secondary N) is 2. The second-order valence-corrected chi connectivity index (χ2v) is 5.67. The number of nitrogens with zero attached hydrogens (tertiary/aromatic N) is 1. The van der Waals surface area contributed by atoms with Gasteiger partial charge in [0, 0.05) is 27.2 Å². The van der Waals surface area contributed by atoms with Crippen molar-refractivity contribution in [3.63, 3.8) is 0 Å². The molecule has 0 bridgehead atoms. The molecule has 1 aromatic rings. The summed E-state index contributed by atoms with van der Waals surface area (Å²) in [6, 6.07) is 10.6. The molecule has 0 amide bonds. The van der Waals surface area contributed by atoms with Crippen LogP contribution >= 0.6 is 24.0 Å². The molecule has 1 rings (SSSR count). The fourth-order valence-electron chi connectivity index (χ4n) is 2.03. The van der Waals surface area contributed by atoms with E-state index in [0.717, 1.165) is 25.5 Å². The van der Waals surface area contributed by atoms with Gasteiger partial charge in [-0.05, 0) is 17.4 Å². The predicted octanol–water partition coefficient (Wildman–Crippen LogP) is 2.68. The first-order valence-corrected chi connectivity index (χ1v) is 7.05. The molecule has 0 aliphatic carbocycles. The third-order valence-electron chi connectivity index (χ3n) is 3.08. The molecule has 0 aromatic heterocycles. The van der Waals surface area contributed by atoms with Crippen LogP contribution in [0.1, 0.15) is 19.4 Å². The SMILES string of the molecule is CN=C(NCCOC)NCC(C)(C)Cc1ccccc1.I. The minimum atomic E-state index is 0. The lowest BCUT2D eigenvalue weighted by molar-refractivity contribution is 0.203. The summed E-state index contributed by atoms with van der Waals surface area (Å²) in [4.78, 5) is 4.21. The molecule has 0 saturated heterocycles. The van der Waals surface area contributed by atoms with Gasteiger partial charge in [0.1, 0.15) is 0 Å². The summed E-state index contributed by atoms with van der Waals surface area (Å²) < 4.78 is 5.02. The fourth-order valence-corrected chi connectivity index (χ4v) is 2.03. The first kappa shape index (κ1) is 20.2. The molecule has 0 aliphatic rings. The lowest BCUT2D eigenvalue weighted by Crippen LogP contribution is -2.43. The van der Waals surface area contributed by atoms with E-state index in [4.69, 9.17) is 4.74 Å². The van der Waals surface area contributed by atoms with Crippen molar-refractivity contribution in [1.82, 2.24) is 10.6 Å². The summed E-state index contributed by atoms with van der Waals surface area (Å²) in [6.07, 6.45) is 1.04. The minimum Gasteiger partial charge on any atom is -0.383 e. The molecule has 0 spiro atoms. The molecule has 5 heteroatoms. The van der Waals surface area contributed by atoms with Gasteiger partial charge in [-0.1, -0.05) is 44.2 Å². The van der Waals surface area contributed by atoms with Crippen molar-refractivity contribution in [3.8, 4) is 0 Å². The number of aliphatic imine (C=N–C) groups is 1. The largest absolute Gasteiger partial charge is 0.383 e. The molecule has 21 heavy (non-hydrogen) atoms. The van der Waals surface area contributed by atoms with Gasteiger partial charge in [0.05, 0.1) is 6.61 Å². The summed E-state index contributed by atoms with van der Waals surface area (Å²) in [5.41, 5.74) is 1.53. The predicted molar refractivity (Wildman–Crippen MR) is 101 cm³/mol. The van der Waals surface area contributed by atoms with Crippen molar-refractivity contribution >= 4 is 29.9 Å². The van der Waals surface area contributed by atoms with Gasteiger partial charge in [0.2, 0.25) is 0 Å². The molecule has 0 aliphatic heterocycles. The average molecular weight is 405 g/mol. The molecular weight excluding hydrogens is 377 g/mol. The van der Waals surface area contributed by atoms with Crippen LogP contribution in [0.15, 0.2) is 35.3 Å². The van der Waals surface area contributed by atoms with Crippen molar-refractivity contribution in [2.24, 2.45) is 10.4 Å². The topological polar surface area (TPSA) is 45.7 Å². The lowest BCUT2D eigenvalue weighted by Gasteiger charge is -2.26. The number of rotatable bonds is 7. The van der Waals surface area contributed by atoms with E-state index in [1.807, 2.05) is 0 Å². The molecule has 0 heterocycles. The minimum absolute atomic E-state index is 0. The highest BCUT2D eigenvalue weighted by Gasteiger charge is 2.18. The van der Waals surface area contributed by atoms with Gasteiger partial charge in [-0.3, -0.25) is 4.99 Å². The van der Waals surface area contributed by atoms with E-state index in [9.17, 15) is 0 Å². The normalized spacial score (nSPS) is 11.7. The molecule has 0 radical (unpaired) electrons. The Labute approximate surface area is 145 Å². The van der Waals surface area contributed by atoms with Gasteiger partial charge in [-0.2, -0.15) is 0 Å². The second kappa shape index (κ2) is 10.8. The Bertz CT molecular complexity index is 407. The van der Waals surface area contributed by atoms with E-state index >= 15 is 0 Å². The van der Waals surface area contributed by atoms with Crippen LogP contribution in [0.3, 0.4) is 0 Å². The van der Waals surface area contributed by atoms with Crippen LogP contribution in [0.5, 0.6) is 0 Å². The zero-order valence-electron chi connectivity index (χ0n) is 13.5. The number of benzene rings is 1. The Balaban J connectivity index is 0.00000400. The third kappa shape index (κ3) is 8.93. The summed E-state index contributed by atoms with van der Waals surface area (Å²) in [5.74, 6) is 0.822. The fraction of sp³-hybridized carbons (Fsp3) is 0.562. The van der Waals surface area contributed by atoms with Crippen LogP contribution in [-0.2, 0) is 11.2 Å². The number of guanidine groups is 1. The van der Waals surface area contributed by atoms with Crippen molar-refractivity contribution in [2.45, 2.75) is 20.3 Å². The Morgan fingerprint density at radius 2 is 1.86 bits per heavy atom. The molecule has 120 valence electrons. The zero-order valence-corrected chi connectivity index (χ0v) is 15.8. The first-order chi connectivity index (χ1) is 9.57. The van der Waals surface area contributed by atoms with E-state index in [1.54, 1.807) is 14.2 Å². The Kier molecular flexibility index (Phi) is 10.4. The van der Waals surface area contributed by atoms with Crippen LogP contribution in [0.4, 0.5) is 0 Å². The average Bonchev–Trinajstić information content (AvgIpc) is 2.43. The van der Waals surface area contributed by atoms with Crippen LogP contribution in [0.2, 0.25) is 0 Å². The molecule has 4 nitrogen and oxygen atoms in total. The highest BCUT2D eigenvalue weighted by Crippen LogP contribution is 2.20. The quantitative estimate of drug-likeness (QED) is 0.317. The number of methoxy groups -OCH3 is 1. The lowest BCUT2D eigenvalue weighted by atomic mass is 9.86. The summed E-state index contributed by atoms with van der Waals surface area (Å²) in [5, 5.41) is 6.59. The van der Waals surface area contributed by atoms with Crippen LogP contribution in [0, 0.1) is 5.41 Å². The molecule has 0 fully saturated rings. The van der Waals surface area contributed by atoms with Crippen molar-refractivity contribution < 1.29 is 4.74 Å². The van der Waals surface area contributed by atoms with Gasteiger partial charge < -0.3 is 15.4 Å². The molecule has 0 saturated carbocycles. The zero-order chi connectivity index (χ0) is 14.8. The maximum atomic E-state index is 5.02. The van der Waals surface area contributed by atoms with Crippen molar-refractivity contribution in [3.05, 3.63) is 35.9 Å². The maximum Gasteiger partial charge on any atom is 0.191 e. The standard InChI is InChI=1S/C16H27N3O.HI/c1-16(2,12-14-8-6-5-7-9-14)13-19-15(17-3)18-10-11-20-4;/h5-9H,10-13H2,1-4H3,(H2,17,18,19);1H. The highest BCUT2D eigenvalue weighted by molar-refractivity contribution is 14.0. The summed E-state index contributed by atoms with van der Waals surface area (Å²) in [7, 11) is 3.48. The number of halogens is 1. The number of hydrogen-bond acceptors (Lipinski definition) is 2. The van der Waals surface area contributed by atoms with Crippen LogP contribution < -0.4 is 10.6 Å². The monoisotopic (exact) mass is 405 g/mol. The van der Waals surface area contributed by atoms with Gasteiger partial charge in [-0.25, -0.2) is 0 Å². The van der Waals surface area contributed by atoms with Gasteiger partial charge in [0.15, 0.2) is 5.96 Å². The summed E-state index contributed by atoms with van der Waals surface area (Å²) >= 11 is 0. The molecule has 2 N–H and O–H groups in total. The van der Waals surface area contributed by atoms with E-state index in [2.05, 4.69) is 59.8 Å². The third-order valence-corrected chi connectivity index (χ3v) is 3.08. The molecule has 1 aromatic carbocycles. The molecule has 0 atom stereocenters. The highest BCUT2D eigenvalue weighted by atomic mass is 127. The summed E-state index contributed by atoms with van der Waals surface area (Å²) in [6.45, 7) is 6.82. The smallest absolute Gasteiger partial charge is 0.191 e. The number of ether oxygens (including phenoxy) is 1. The van der Waals surface area contributed by atoms with Gasteiger partial charge in [0.25, 0.3) is 0 Å². The Morgan fingerprint density at radius 3 is 2.43 bits per heavy atom. The van der Waals surface area contributed by atoms with Gasteiger partial charge in [-0.15, -0.1) is 24.0 Å². The van der Waals surface area contributed by atoms with Gasteiger partial charge >= 0.3 is 0 Å². The van der Waals surface area contributed by atoms with Crippen LogP contribution in [-0.4, -0.2) is 39.8 Å². The van der Waals surface area contributed by atoms with Crippen molar-refractivity contribution in [2.75, 3.05) is 33.9 Å². The molecule has 0 unspecified atom stereocenters. The van der Waals surface area contributed by atoms with E-state index in [0.29, 0.717) is 6.61 Å². The Hall–Kier alpha value is -0.820. The number of hydrogen-bond donors (Lipinski definition) is 2. The molecular formula is C16H28IN3O. The first-order valence-electron chi connectivity index (χ1n) is 7.05. The van der Waals surface area contributed by atoms with E-state index in [1.165, 1.54) is 5.56 Å². The van der Waals surface area contributed by atoms with E-state index in [-0.39, 0.29) is 29.4 Å².